The second-order valence-corrected chi connectivity index (χ2v) is 7.48. The van der Waals surface area contributed by atoms with Gasteiger partial charge in [-0.25, -0.2) is 18.9 Å². The molecule has 0 aliphatic rings. The summed E-state index contributed by atoms with van der Waals surface area (Å²) in [6, 6.07) is 14.6. The van der Waals surface area contributed by atoms with Gasteiger partial charge in [0.2, 0.25) is 5.91 Å². The van der Waals surface area contributed by atoms with Gasteiger partial charge in [0.05, 0.1) is 27.0 Å². The summed E-state index contributed by atoms with van der Waals surface area (Å²) in [6.07, 6.45) is 0. The van der Waals surface area contributed by atoms with E-state index in [0.717, 1.165) is 21.6 Å². The van der Waals surface area contributed by atoms with Gasteiger partial charge >= 0.3 is 5.69 Å². The number of carbonyl (C=O) groups excluding carboxylic acids is 1. The number of fused-ring (bicyclic) bond motifs is 1. The van der Waals surface area contributed by atoms with Crippen LogP contribution < -0.4 is 25.2 Å². The highest BCUT2D eigenvalue weighted by Crippen LogP contribution is 2.30. The molecule has 2 aromatic carbocycles. The predicted octanol–water partition coefficient (Wildman–Crippen LogP) is 2.21. The summed E-state index contributed by atoms with van der Waals surface area (Å²) < 4.78 is 18.4. The van der Waals surface area contributed by atoms with Crippen LogP contribution in [-0.4, -0.2) is 46.4 Å². The lowest BCUT2D eigenvalue weighted by Gasteiger charge is -2.13. The number of hydrogen-bond donors (Lipinski definition) is 1. The normalized spacial score (nSPS) is 10.8. The molecule has 0 saturated carbocycles. The van der Waals surface area contributed by atoms with Crippen LogP contribution in [-0.2, 0) is 17.9 Å². The number of nitrogens with one attached hydrogen (secondary N) is 1. The van der Waals surface area contributed by atoms with E-state index < -0.39 is 5.69 Å². The minimum absolute atomic E-state index is 0.212. The molecule has 0 aliphatic carbocycles. The molecular weight excluding hydrogens is 438 g/mol. The Bertz CT molecular complexity index is 1390. The number of nitrogens with zero attached hydrogens (tertiary/aromatic N) is 4. The van der Waals surface area contributed by atoms with Gasteiger partial charge in [-0.05, 0) is 37.3 Å². The molecule has 0 radical (unpaired) electrons. The van der Waals surface area contributed by atoms with Crippen molar-refractivity contribution in [2.24, 2.45) is 0 Å². The monoisotopic (exact) mass is 463 g/mol. The molecule has 10 nitrogen and oxygen atoms in total. The third-order valence-corrected chi connectivity index (χ3v) is 5.38. The van der Waals surface area contributed by atoms with Gasteiger partial charge in [0.25, 0.3) is 0 Å². The highest BCUT2D eigenvalue weighted by atomic mass is 16.5. The molecule has 0 spiro atoms. The lowest BCUT2D eigenvalue weighted by atomic mass is 10.1. The Labute approximate surface area is 195 Å². The Morgan fingerprint density at radius 1 is 1.03 bits per heavy atom. The average Bonchev–Trinajstić information content (AvgIpc) is 3.17. The van der Waals surface area contributed by atoms with E-state index in [9.17, 15) is 9.59 Å². The molecule has 4 aromatic rings. The standard InChI is InChI=1S/C24H25N5O5/c1-15-26-19(16-8-10-18(32-2)11-9-16)12-21-27-28(24(31)29(15)21)14-22(30)25-13-17-6-5-7-20(33-3)23(17)34-4/h5-12H,13-14H2,1-4H3,(H,25,30). The number of aromatic nitrogens is 4. The fraction of sp³-hybridized carbons (Fsp3) is 0.250. The molecule has 2 heterocycles. The highest BCUT2D eigenvalue weighted by Gasteiger charge is 2.16. The van der Waals surface area contributed by atoms with Crippen molar-refractivity contribution in [1.29, 1.82) is 0 Å². The number of para-hydroxylation sites is 1. The van der Waals surface area contributed by atoms with Gasteiger partial charge < -0.3 is 19.5 Å². The highest BCUT2D eigenvalue weighted by molar-refractivity contribution is 5.75. The minimum Gasteiger partial charge on any atom is -0.497 e. The molecule has 0 atom stereocenters. The Hall–Kier alpha value is -4.34. The SMILES string of the molecule is COc1ccc(-c2cc3nn(CC(=O)NCc4cccc(OC)c4OC)c(=O)n3c(C)n2)cc1. The average molecular weight is 463 g/mol. The van der Waals surface area contributed by atoms with Crippen molar-refractivity contribution >= 4 is 11.6 Å². The summed E-state index contributed by atoms with van der Waals surface area (Å²) in [6.45, 7) is 1.70. The van der Waals surface area contributed by atoms with E-state index in [2.05, 4.69) is 15.4 Å². The molecule has 0 bridgehead atoms. The van der Waals surface area contributed by atoms with Crippen LogP contribution in [0.4, 0.5) is 0 Å². The topological polar surface area (TPSA) is 109 Å². The first-order chi connectivity index (χ1) is 16.4. The predicted molar refractivity (Wildman–Crippen MR) is 125 cm³/mol. The molecule has 0 aliphatic heterocycles. The zero-order chi connectivity index (χ0) is 24.2. The van der Waals surface area contributed by atoms with Crippen molar-refractivity contribution in [3.8, 4) is 28.5 Å². The van der Waals surface area contributed by atoms with Crippen LogP contribution in [0.1, 0.15) is 11.4 Å². The van der Waals surface area contributed by atoms with Crippen LogP contribution in [0.15, 0.2) is 53.3 Å². The van der Waals surface area contributed by atoms with Crippen molar-refractivity contribution in [3.63, 3.8) is 0 Å². The number of ether oxygens (including phenoxy) is 3. The Morgan fingerprint density at radius 3 is 2.47 bits per heavy atom. The van der Waals surface area contributed by atoms with Crippen LogP contribution in [0.25, 0.3) is 16.9 Å². The Kier molecular flexibility index (Phi) is 6.48. The summed E-state index contributed by atoms with van der Waals surface area (Å²) in [4.78, 5) is 30.0. The second-order valence-electron chi connectivity index (χ2n) is 7.48. The van der Waals surface area contributed by atoms with Gasteiger partial charge in [-0.1, -0.05) is 12.1 Å². The van der Waals surface area contributed by atoms with Crippen molar-refractivity contribution in [1.82, 2.24) is 24.5 Å². The van der Waals surface area contributed by atoms with E-state index in [1.807, 2.05) is 36.4 Å². The first-order valence-corrected chi connectivity index (χ1v) is 10.5. The summed E-state index contributed by atoms with van der Waals surface area (Å²) in [5, 5.41) is 7.14. The molecule has 1 amide bonds. The van der Waals surface area contributed by atoms with Gasteiger partial charge in [-0.15, -0.1) is 5.10 Å². The number of hydrogen-bond acceptors (Lipinski definition) is 7. The molecule has 4 rings (SSSR count). The maximum Gasteiger partial charge on any atom is 0.352 e. The molecule has 176 valence electrons. The van der Waals surface area contributed by atoms with Gasteiger partial charge in [0.15, 0.2) is 17.1 Å². The van der Waals surface area contributed by atoms with Crippen LogP contribution in [0.3, 0.4) is 0 Å². The second kappa shape index (κ2) is 9.65. The lowest BCUT2D eigenvalue weighted by Crippen LogP contribution is -2.32. The number of methoxy groups -OCH3 is 3. The van der Waals surface area contributed by atoms with Crippen LogP contribution in [0.2, 0.25) is 0 Å². The van der Waals surface area contributed by atoms with E-state index >= 15 is 0 Å². The van der Waals surface area contributed by atoms with E-state index in [1.165, 1.54) is 11.5 Å². The van der Waals surface area contributed by atoms with Crippen LogP contribution in [0, 0.1) is 6.92 Å². The quantitative estimate of drug-likeness (QED) is 0.427. The molecular formula is C24H25N5O5. The van der Waals surface area contributed by atoms with E-state index in [4.69, 9.17) is 14.2 Å². The Morgan fingerprint density at radius 2 is 1.79 bits per heavy atom. The third kappa shape index (κ3) is 4.42. The summed E-state index contributed by atoms with van der Waals surface area (Å²) >= 11 is 0. The van der Waals surface area contributed by atoms with Gasteiger partial charge in [0, 0.05) is 23.7 Å². The first-order valence-electron chi connectivity index (χ1n) is 10.5. The van der Waals surface area contributed by atoms with Gasteiger partial charge in [0.1, 0.15) is 18.1 Å². The smallest absolute Gasteiger partial charge is 0.352 e. The fourth-order valence-corrected chi connectivity index (χ4v) is 3.69. The zero-order valence-electron chi connectivity index (χ0n) is 19.4. The van der Waals surface area contributed by atoms with Gasteiger partial charge in [-0.3, -0.25) is 4.79 Å². The van der Waals surface area contributed by atoms with Crippen molar-refractivity contribution in [2.45, 2.75) is 20.0 Å². The van der Waals surface area contributed by atoms with Crippen molar-refractivity contribution in [2.75, 3.05) is 21.3 Å². The summed E-state index contributed by atoms with van der Waals surface area (Å²) in [5.41, 5.74) is 2.25. The van der Waals surface area contributed by atoms with Gasteiger partial charge in [-0.2, -0.15) is 0 Å². The molecule has 10 heteroatoms. The van der Waals surface area contributed by atoms with Crippen molar-refractivity contribution in [3.05, 3.63) is 70.4 Å². The largest absolute Gasteiger partial charge is 0.497 e. The van der Waals surface area contributed by atoms with Crippen molar-refractivity contribution < 1.29 is 19.0 Å². The number of benzene rings is 2. The molecule has 2 aromatic heterocycles. The van der Waals surface area contributed by atoms with Crippen LogP contribution >= 0.6 is 0 Å². The van der Waals surface area contributed by atoms with Crippen LogP contribution in [0.5, 0.6) is 17.2 Å². The lowest BCUT2D eigenvalue weighted by molar-refractivity contribution is -0.122. The maximum absolute atomic E-state index is 12.9. The number of aryl methyl sites for hydroxylation is 1. The molecule has 0 unspecified atom stereocenters. The zero-order valence-corrected chi connectivity index (χ0v) is 19.4. The summed E-state index contributed by atoms with van der Waals surface area (Å²) in [7, 11) is 4.69. The number of amides is 1. The van der Waals surface area contributed by atoms with E-state index in [-0.39, 0.29) is 19.0 Å². The minimum atomic E-state index is -0.435. The molecule has 0 fully saturated rings. The fourth-order valence-electron chi connectivity index (χ4n) is 3.69. The number of carbonyl (C=O) groups is 1. The summed E-state index contributed by atoms with van der Waals surface area (Å²) in [5.74, 6) is 1.96. The van der Waals surface area contributed by atoms with E-state index in [0.29, 0.717) is 28.7 Å². The maximum atomic E-state index is 12.9. The van der Waals surface area contributed by atoms with E-state index in [1.54, 1.807) is 33.3 Å². The molecule has 0 saturated heterocycles. The Balaban J connectivity index is 1.54. The first kappa shape index (κ1) is 22.8. The third-order valence-electron chi connectivity index (χ3n) is 5.38. The number of rotatable bonds is 8. The molecule has 1 N–H and O–H groups in total. The molecule has 34 heavy (non-hydrogen) atoms.